The minimum absolute atomic E-state index is 0.224. The molecule has 172 valence electrons. The van der Waals surface area contributed by atoms with Crippen molar-refractivity contribution in [1.82, 2.24) is 5.43 Å². The van der Waals surface area contributed by atoms with Gasteiger partial charge in [-0.2, -0.15) is 5.10 Å². The molecule has 1 amide bonds. The lowest BCUT2D eigenvalue weighted by molar-refractivity contribution is -0.118. The van der Waals surface area contributed by atoms with Gasteiger partial charge in [0.05, 0.1) is 22.0 Å². The maximum absolute atomic E-state index is 12.0. The van der Waals surface area contributed by atoms with Crippen LogP contribution >= 0.6 is 46.6 Å². The van der Waals surface area contributed by atoms with Crippen molar-refractivity contribution in [3.8, 4) is 5.75 Å². The standard InChI is InChI=1S/C26H19Cl3N2O2S/c27-21-7-9-22(10-8-21)34-16-25(32)31-30-14-18-12-23(28)26(24(29)13-18)33-15-17-5-6-19-3-1-2-4-20(19)11-17/h1-14H,15-16H2,(H,31,32)/b30-14-. The van der Waals surface area contributed by atoms with Crippen LogP contribution in [-0.2, 0) is 11.4 Å². The number of rotatable bonds is 8. The van der Waals surface area contributed by atoms with Crippen LogP contribution in [0.3, 0.4) is 0 Å². The van der Waals surface area contributed by atoms with Gasteiger partial charge in [0.1, 0.15) is 6.61 Å². The van der Waals surface area contributed by atoms with Gasteiger partial charge in [-0.05, 0) is 64.4 Å². The highest BCUT2D eigenvalue weighted by Gasteiger charge is 2.10. The number of carbonyl (C=O) groups is 1. The lowest BCUT2D eigenvalue weighted by atomic mass is 10.1. The monoisotopic (exact) mass is 528 g/mol. The quantitative estimate of drug-likeness (QED) is 0.145. The van der Waals surface area contributed by atoms with Gasteiger partial charge in [-0.25, -0.2) is 5.43 Å². The van der Waals surface area contributed by atoms with Crippen LogP contribution in [0.25, 0.3) is 10.8 Å². The third kappa shape index (κ3) is 6.67. The summed E-state index contributed by atoms with van der Waals surface area (Å²) < 4.78 is 5.89. The molecule has 1 N–H and O–H groups in total. The van der Waals surface area contributed by atoms with Gasteiger partial charge in [0.15, 0.2) is 5.75 Å². The van der Waals surface area contributed by atoms with E-state index in [-0.39, 0.29) is 11.7 Å². The molecule has 0 bridgehead atoms. The summed E-state index contributed by atoms with van der Waals surface area (Å²) >= 11 is 20.0. The van der Waals surface area contributed by atoms with Crippen molar-refractivity contribution in [2.75, 3.05) is 5.75 Å². The molecule has 4 nitrogen and oxygen atoms in total. The van der Waals surface area contributed by atoms with Crippen LogP contribution in [-0.4, -0.2) is 17.9 Å². The summed E-state index contributed by atoms with van der Waals surface area (Å²) in [6.07, 6.45) is 1.48. The summed E-state index contributed by atoms with van der Waals surface area (Å²) in [5, 5.41) is 7.67. The number of carbonyl (C=O) groups excluding carboxylic acids is 1. The van der Waals surface area contributed by atoms with Gasteiger partial charge in [-0.15, -0.1) is 11.8 Å². The minimum Gasteiger partial charge on any atom is -0.486 e. The Labute approximate surface area is 216 Å². The van der Waals surface area contributed by atoms with Gasteiger partial charge in [-0.1, -0.05) is 71.2 Å². The number of hydrazone groups is 1. The molecule has 0 saturated carbocycles. The normalized spacial score (nSPS) is 11.1. The first-order valence-corrected chi connectivity index (χ1v) is 12.4. The van der Waals surface area contributed by atoms with E-state index in [1.165, 1.54) is 23.4 Å². The first-order valence-electron chi connectivity index (χ1n) is 10.3. The van der Waals surface area contributed by atoms with E-state index in [0.717, 1.165) is 15.8 Å². The van der Waals surface area contributed by atoms with Crippen LogP contribution < -0.4 is 10.2 Å². The predicted molar refractivity (Wildman–Crippen MR) is 143 cm³/mol. The average molecular weight is 530 g/mol. The average Bonchev–Trinajstić information content (AvgIpc) is 2.83. The molecule has 0 aliphatic heterocycles. The van der Waals surface area contributed by atoms with E-state index in [0.29, 0.717) is 33.0 Å². The van der Waals surface area contributed by atoms with Crippen LogP contribution in [0.1, 0.15) is 11.1 Å². The molecule has 0 spiro atoms. The number of hydrogen-bond acceptors (Lipinski definition) is 4. The lowest BCUT2D eigenvalue weighted by Crippen LogP contribution is -2.19. The zero-order valence-electron chi connectivity index (χ0n) is 17.8. The molecule has 4 rings (SSSR count). The first kappa shape index (κ1) is 24.4. The second kappa shape index (κ2) is 11.6. The van der Waals surface area contributed by atoms with Gasteiger partial charge in [0, 0.05) is 9.92 Å². The molecule has 4 aromatic rings. The number of ether oxygens (including phenoxy) is 1. The molecule has 0 aliphatic carbocycles. The Kier molecular flexibility index (Phi) is 8.35. The van der Waals surface area contributed by atoms with Crippen LogP contribution in [0.15, 0.2) is 88.9 Å². The van der Waals surface area contributed by atoms with Gasteiger partial charge < -0.3 is 4.74 Å². The second-order valence-corrected chi connectivity index (χ2v) is 9.62. The van der Waals surface area contributed by atoms with E-state index in [1.54, 1.807) is 24.3 Å². The fourth-order valence-corrected chi connectivity index (χ4v) is 4.60. The molecule has 0 aromatic heterocycles. The van der Waals surface area contributed by atoms with E-state index in [4.69, 9.17) is 39.5 Å². The Hall–Kier alpha value is -2.70. The molecule has 0 atom stereocenters. The van der Waals surface area contributed by atoms with Crippen molar-refractivity contribution in [3.05, 3.63) is 105 Å². The molecule has 0 unspecified atom stereocenters. The minimum atomic E-state index is -0.233. The number of fused-ring (bicyclic) bond motifs is 1. The van der Waals surface area contributed by atoms with Gasteiger partial charge >= 0.3 is 0 Å². The molecule has 0 aliphatic rings. The summed E-state index contributed by atoms with van der Waals surface area (Å²) in [5.41, 5.74) is 4.14. The molecular formula is C26H19Cl3N2O2S. The molecule has 4 aromatic carbocycles. The molecule has 0 heterocycles. The predicted octanol–water partition coefficient (Wildman–Crippen LogP) is 7.62. The molecule has 0 radical (unpaired) electrons. The van der Waals surface area contributed by atoms with Crippen LogP contribution in [0.2, 0.25) is 15.1 Å². The number of hydrogen-bond donors (Lipinski definition) is 1. The summed E-state index contributed by atoms with van der Waals surface area (Å²) in [6, 6.07) is 24.9. The zero-order valence-corrected chi connectivity index (χ0v) is 20.9. The maximum Gasteiger partial charge on any atom is 0.250 e. The Morgan fingerprint density at radius 2 is 1.62 bits per heavy atom. The molecule has 8 heteroatoms. The highest BCUT2D eigenvalue weighted by atomic mass is 35.5. The van der Waals surface area contributed by atoms with E-state index >= 15 is 0 Å². The van der Waals surface area contributed by atoms with Crippen LogP contribution in [0, 0.1) is 0 Å². The van der Waals surface area contributed by atoms with E-state index in [2.05, 4.69) is 34.8 Å². The first-order chi connectivity index (χ1) is 16.5. The fourth-order valence-electron chi connectivity index (χ4n) is 3.17. The number of benzene rings is 4. The Bertz CT molecular complexity index is 1320. The van der Waals surface area contributed by atoms with Crippen LogP contribution in [0.4, 0.5) is 0 Å². The summed E-state index contributed by atoms with van der Waals surface area (Å²) in [4.78, 5) is 13.0. The topological polar surface area (TPSA) is 50.7 Å². The molecule has 0 fully saturated rings. The number of nitrogens with one attached hydrogen (secondary N) is 1. The Balaban J connectivity index is 1.32. The van der Waals surface area contributed by atoms with Gasteiger partial charge in [0.25, 0.3) is 0 Å². The van der Waals surface area contributed by atoms with Crippen molar-refractivity contribution in [1.29, 1.82) is 0 Å². The van der Waals surface area contributed by atoms with E-state index in [9.17, 15) is 4.79 Å². The number of amides is 1. The summed E-state index contributed by atoms with van der Waals surface area (Å²) in [6.45, 7) is 0.332. The van der Waals surface area contributed by atoms with Crippen molar-refractivity contribution in [2.24, 2.45) is 5.10 Å². The smallest absolute Gasteiger partial charge is 0.250 e. The number of halogens is 3. The van der Waals surface area contributed by atoms with Gasteiger partial charge in [-0.3, -0.25) is 4.79 Å². The largest absolute Gasteiger partial charge is 0.486 e. The van der Waals surface area contributed by atoms with Crippen LogP contribution in [0.5, 0.6) is 5.75 Å². The molecule has 0 saturated heterocycles. The number of thioether (sulfide) groups is 1. The summed E-state index contributed by atoms with van der Waals surface area (Å²) in [5.74, 6) is 0.392. The SMILES string of the molecule is O=C(CSc1ccc(Cl)cc1)N/N=C\c1cc(Cl)c(OCc2ccc3ccccc3c2)c(Cl)c1. The molecular weight excluding hydrogens is 511 g/mol. The number of nitrogens with zero attached hydrogens (tertiary/aromatic N) is 1. The lowest BCUT2D eigenvalue weighted by Gasteiger charge is -2.11. The third-order valence-corrected chi connectivity index (χ3v) is 6.63. The maximum atomic E-state index is 12.0. The fraction of sp³-hybridized carbons (Fsp3) is 0.0769. The summed E-state index contributed by atoms with van der Waals surface area (Å²) in [7, 11) is 0. The van der Waals surface area contributed by atoms with Gasteiger partial charge in [0.2, 0.25) is 5.91 Å². The second-order valence-electron chi connectivity index (χ2n) is 7.32. The van der Waals surface area contributed by atoms with Crippen molar-refractivity contribution in [2.45, 2.75) is 11.5 Å². The van der Waals surface area contributed by atoms with Crippen molar-refractivity contribution >= 4 is 69.5 Å². The third-order valence-electron chi connectivity index (χ3n) is 4.80. The molecule has 34 heavy (non-hydrogen) atoms. The van der Waals surface area contributed by atoms with E-state index in [1.807, 2.05) is 30.3 Å². The highest BCUT2D eigenvalue weighted by molar-refractivity contribution is 8.00. The Morgan fingerprint density at radius 1 is 0.912 bits per heavy atom. The van der Waals surface area contributed by atoms with Crippen molar-refractivity contribution < 1.29 is 9.53 Å². The zero-order chi connectivity index (χ0) is 23.9. The van der Waals surface area contributed by atoms with Crippen molar-refractivity contribution in [3.63, 3.8) is 0 Å². The van der Waals surface area contributed by atoms with E-state index < -0.39 is 0 Å². The highest BCUT2D eigenvalue weighted by Crippen LogP contribution is 2.34. The Morgan fingerprint density at radius 3 is 2.35 bits per heavy atom.